The molecule has 1 atom stereocenters. The number of aryl methyl sites for hydroxylation is 2. The molecule has 0 fully saturated rings. The lowest BCUT2D eigenvalue weighted by molar-refractivity contribution is 0.242. The average molecular weight is 499 g/mol. The van der Waals surface area contributed by atoms with Crippen LogP contribution in [-0.2, 0) is 20.0 Å². The maximum Gasteiger partial charge on any atom is 0.191 e. The molecule has 0 spiro atoms. The molecule has 0 bridgehead atoms. The lowest BCUT2D eigenvalue weighted by atomic mass is 10.1. The Labute approximate surface area is 186 Å². The third-order valence-corrected chi connectivity index (χ3v) is 4.51. The van der Waals surface area contributed by atoms with Crippen LogP contribution in [0.3, 0.4) is 0 Å². The standard InChI is InChI=1S/C21H33N5O.HI/c1-14(2)27-19-10-8-9-18(12-19)13-23-21(22-6)24-15(3)11-20-16(4)25-26(7)17(20)5;/h8-10,12,14-15H,11,13H2,1-7H3,(H2,22,23,24);1H. The number of ether oxygens (including phenoxy) is 1. The maximum atomic E-state index is 5.76. The molecule has 0 amide bonds. The normalized spacial score (nSPS) is 12.5. The number of nitrogens with zero attached hydrogens (tertiary/aromatic N) is 3. The predicted molar refractivity (Wildman–Crippen MR) is 127 cm³/mol. The molecule has 2 rings (SSSR count). The molecule has 0 saturated carbocycles. The van der Waals surface area contributed by atoms with Crippen molar-refractivity contribution in [2.75, 3.05) is 7.05 Å². The van der Waals surface area contributed by atoms with E-state index in [1.165, 1.54) is 11.3 Å². The fourth-order valence-electron chi connectivity index (χ4n) is 3.08. The van der Waals surface area contributed by atoms with Crippen LogP contribution in [0.5, 0.6) is 5.75 Å². The smallest absolute Gasteiger partial charge is 0.191 e. The zero-order valence-electron chi connectivity index (χ0n) is 18.0. The number of hydrogen-bond donors (Lipinski definition) is 2. The number of halogens is 1. The van der Waals surface area contributed by atoms with E-state index >= 15 is 0 Å². The summed E-state index contributed by atoms with van der Waals surface area (Å²) >= 11 is 0. The van der Waals surface area contributed by atoms with Crippen molar-refractivity contribution in [3.8, 4) is 5.75 Å². The third-order valence-electron chi connectivity index (χ3n) is 4.51. The molecule has 2 N–H and O–H groups in total. The van der Waals surface area contributed by atoms with E-state index in [2.05, 4.69) is 53.6 Å². The van der Waals surface area contributed by atoms with Gasteiger partial charge in [-0.15, -0.1) is 24.0 Å². The number of benzene rings is 1. The SMILES string of the molecule is CN=C(NCc1cccc(OC(C)C)c1)NC(C)Cc1c(C)nn(C)c1C.I. The van der Waals surface area contributed by atoms with Gasteiger partial charge in [0.15, 0.2) is 5.96 Å². The van der Waals surface area contributed by atoms with E-state index in [-0.39, 0.29) is 36.1 Å². The summed E-state index contributed by atoms with van der Waals surface area (Å²) < 4.78 is 7.70. The van der Waals surface area contributed by atoms with Gasteiger partial charge < -0.3 is 15.4 Å². The topological polar surface area (TPSA) is 63.5 Å². The highest BCUT2D eigenvalue weighted by Crippen LogP contribution is 2.15. The lowest BCUT2D eigenvalue weighted by Crippen LogP contribution is -2.42. The molecule has 28 heavy (non-hydrogen) atoms. The highest BCUT2D eigenvalue weighted by atomic mass is 127. The molecule has 1 aromatic heterocycles. The molecule has 1 unspecified atom stereocenters. The minimum absolute atomic E-state index is 0. The summed E-state index contributed by atoms with van der Waals surface area (Å²) in [5, 5.41) is 11.3. The second kappa shape index (κ2) is 11.3. The van der Waals surface area contributed by atoms with Crippen LogP contribution in [-0.4, -0.2) is 34.9 Å². The molecule has 7 heteroatoms. The van der Waals surface area contributed by atoms with E-state index in [1.54, 1.807) is 7.05 Å². The van der Waals surface area contributed by atoms with E-state index in [0.717, 1.165) is 29.4 Å². The number of aromatic nitrogens is 2. The Morgan fingerprint density at radius 2 is 1.96 bits per heavy atom. The fourth-order valence-corrected chi connectivity index (χ4v) is 3.08. The summed E-state index contributed by atoms with van der Waals surface area (Å²) in [5.74, 6) is 1.68. The molecular weight excluding hydrogens is 465 g/mol. The predicted octanol–water partition coefficient (Wildman–Crippen LogP) is 3.74. The Morgan fingerprint density at radius 3 is 2.54 bits per heavy atom. The molecule has 6 nitrogen and oxygen atoms in total. The molecule has 0 aliphatic heterocycles. The van der Waals surface area contributed by atoms with Gasteiger partial charge >= 0.3 is 0 Å². The van der Waals surface area contributed by atoms with Gasteiger partial charge in [0.25, 0.3) is 0 Å². The minimum Gasteiger partial charge on any atom is -0.491 e. The Morgan fingerprint density at radius 1 is 1.25 bits per heavy atom. The zero-order chi connectivity index (χ0) is 20.0. The number of rotatable bonds is 7. The van der Waals surface area contributed by atoms with Gasteiger partial charge in [0.2, 0.25) is 0 Å². The summed E-state index contributed by atoms with van der Waals surface area (Å²) in [6.07, 6.45) is 1.08. The second-order valence-corrected chi connectivity index (χ2v) is 7.26. The average Bonchev–Trinajstić information content (AvgIpc) is 2.84. The maximum absolute atomic E-state index is 5.76. The molecule has 0 radical (unpaired) electrons. The van der Waals surface area contributed by atoms with Crippen molar-refractivity contribution in [3.63, 3.8) is 0 Å². The number of nitrogens with one attached hydrogen (secondary N) is 2. The van der Waals surface area contributed by atoms with E-state index < -0.39 is 0 Å². The van der Waals surface area contributed by atoms with Gasteiger partial charge in [-0.05, 0) is 64.3 Å². The minimum atomic E-state index is 0. The molecule has 1 aromatic carbocycles. The first-order valence-corrected chi connectivity index (χ1v) is 9.52. The molecule has 0 saturated heterocycles. The van der Waals surface area contributed by atoms with E-state index in [9.17, 15) is 0 Å². The second-order valence-electron chi connectivity index (χ2n) is 7.26. The van der Waals surface area contributed by atoms with Crippen molar-refractivity contribution in [3.05, 3.63) is 46.8 Å². The summed E-state index contributed by atoms with van der Waals surface area (Å²) in [7, 11) is 3.78. The van der Waals surface area contributed by atoms with Crippen molar-refractivity contribution < 1.29 is 4.74 Å². The van der Waals surface area contributed by atoms with Crippen molar-refractivity contribution in [2.24, 2.45) is 12.0 Å². The summed E-state index contributed by atoms with van der Waals surface area (Å²) in [6.45, 7) is 11.1. The molecule has 2 aromatic rings. The van der Waals surface area contributed by atoms with Crippen molar-refractivity contribution in [1.29, 1.82) is 0 Å². The number of guanidine groups is 1. The van der Waals surface area contributed by atoms with Crippen molar-refractivity contribution >= 4 is 29.9 Å². The van der Waals surface area contributed by atoms with Crippen LogP contribution < -0.4 is 15.4 Å². The quantitative estimate of drug-likeness (QED) is 0.346. The molecule has 0 aliphatic carbocycles. The molecule has 156 valence electrons. The van der Waals surface area contributed by atoms with Gasteiger partial charge in [0.05, 0.1) is 11.8 Å². The number of aliphatic imine (C=N–C) groups is 1. The summed E-state index contributed by atoms with van der Waals surface area (Å²) in [6, 6.07) is 8.39. The van der Waals surface area contributed by atoms with Crippen LogP contribution in [0.2, 0.25) is 0 Å². The van der Waals surface area contributed by atoms with Crippen molar-refractivity contribution in [1.82, 2.24) is 20.4 Å². The first kappa shape index (κ1) is 24.3. The Kier molecular flexibility index (Phi) is 9.78. The van der Waals surface area contributed by atoms with Crippen LogP contribution in [0, 0.1) is 13.8 Å². The molecular formula is C21H34IN5O. The first-order valence-electron chi connectivity index (χ1n) is 9.52. The third kappa shape index (κ3) is 7.00. The van der Waals surface area contributed by atoms with Crippen LogP contribution >= 0.6 is 24.0 Å². The van der Waals surface area contributed by atoms with Crippen LogP contribution in [0.4, 0.5) is 0 Å². The Balaban J connectivity index is 0.00000392. The zero-order valence-corrected chi connectivity index (χ0v) is 20.4. The van der Waals surface area contributed by atoms with Crippen LogP contribution in [0.15, 0.2) is 29.3 Å². The van der Waals surface area contributed by atoms with Crippen LogP contribution in [0.1, 0.15) is 43.3 Å². The number of hydrogen-bond acceptors (Lipinski definition) is 3. The van der Waals surface area contributed by atoms with Gasteiger partial charge in [-0.25, -0.2) is 0 Å². The highest BCUT2D eigenvalue weighted by Gasteiger charge is 2.14. The van der Waals surface area contributed by atoms with Gasteiger partial charge in [-0.2, -0.15) is 5.10 Å². The van der Waals surface area contributed by atoms with Crippen LogP contribution in [0.25, 0.3) is 0 Å². The largest absolute Gasteiger partial charge is 0.491 e. The lowest BCUT2D eigenvalue weighted by Gasteiger charge is -2.18. The summed E-state index contributed by atoms with van der Waals surface area (Å²) in [4.78, 5) is 4.35. The van der Waals surface area contributed by atoms with E-state index in [1.807, 2.05) is 37.7 Å². The fraction of sp³-hybridized carbons (Fsp3) is 0.524. The first-order chi connectivity index (χ1) is 12.8. The monoisotopic (exact) mass is 499 g/mol. The molecule has 0 aliphatic rings. The Hall–Kier alpha value is -1.77. The summed E-state index contributed by atoms with van der Waals surface area (Å²) in [5.41, 5.74) is 4.76. The van der Waals surface area contributed by atoms with E-state index in [4.69, 9.17) is 4.74 Å². The van der Waals surface area contributed by atoms with Gasteiger partial charge in [0.1, 0.15) is 5.75 Å². The van der Waals surface area contributed by atoms with Gasteiger partial charge in [0, 0.05) is 32.4 Å². The van der Waals surface area contributed by atoms with E-state index in [0.29, 0.717) is 6.54 Å². The Bertz CT molecular complexity index is 785. The van der Waals surface area contributed by atoms with Crippen molar-refractivity contribution in [2.45, 2.75) is 59.7 Å². The highest BCUT2D eigenvalue weighted by molar-refractivity contribution is 14.0. The van der Waals surface area contributed by atoms with Gasteiger partial charge in [-0.1, -0.05) is 12.1 Å². The molecule has 1 heterocycles. The van der Waals surface area contributed by atoms with Gasteiger partial charge in [-0.3, -0.25) is 9.67 Å².